The Bertz CT molecular complexity index is 388. The molecule has 5 heteroatoms. The van der Waals surface area contributed by atoms with Crippen molar-refractivity contribution >= 4 is 5.82 Å². The number of nitrogens with zero attached hydrogens (tertiary/aromatic N) is 3. The van der Waals surface area contributed by atoms with Crippen LogP contribution in [0.25, 0.3) is 0 Å². The number of nitrogens with two attached hydrogens (primary N) is 1. The molecule has 0 spiro atoms. The van der Waals surface area contributed by atoms with Gasteiger partial charge in [-0.3, -0.25) is 9.58 Å². The van der Waals surface area contributed by atoms with Crippen molar-refractivity contribution in [3.05, 3.63) is 11.3 Å². The van der Waals surface area contributed by atoms with Gasteiger partial charge in [0, 0.05) is 25.2 Å². The maximum absolute atomic E-state index is 9.39. The molecule has 1 unspecified atom stereocenters. The van der Waals surface area contributed by atoms with Crippen LogP contribution in [0.4, 0.5) is 5.82 Å². The molecule has 0 bridgehead atoms. The molecule has 1 aromatic heterocycles. The van der Waals surface area contributed by atoms with Crippen LogP contribution < -0.4 is 5.73 Å². The summed E-state index contributed by atoms with van der Waals surface area (Å²) in [5.41, 5.74) is 8.12. The van der Waals surface area contributed by atoms with Crippen molar-refractivity contribution in [3.8, 4) is 0 Å². The van der Waals surface area contributed by atoms with Gasteiger partial charge in [0.2, 0.25) is 0 Å². The highest BCUT2D eigenvalue weighted by Crippen LogP contribution is 2.23. The molecule has 1 saturated heterocycles. The Morgan fingerprint density at radius 1 is 1.47 bits per heavy atom. The summed E-state index contributed by atoms with van der Waals surface area (Å²) in [5, 5.41) is 13.7. The topological polar surface area (TPSA) is 67.3 Å². The number of aliphatic hydroxyl groups is 1. The molecule has 2 rings (SSSR count). The van der Waals surface area contributed by atoms with Crippen molar-refractivity contribution in [1.29, 1.82) is 0 Å². The zero-order valence-electron chi connectivity index (χ0n) is 10.7. The maximum atomic E-state index is 9.39. The van der Waals surface area contributed by atoms with Crippen molar-refractivity contribution in [3.63, 3.8) is 0 Å². The first-order valence-corrected chi connectivity index (χ1v) is 6.26. The molecule has 96 valence electrons. The van der Waals surface area contributed by atoms with Crippen molar-refractivity contribution in [2.24, 2.45) is 7.05 Å². The summed E-state index contributed by atoms with van der Waals surface area (Å²) in [4.78, 5) is 2.32. The Labute approximate surface area is 102 Å². The predicted octanol–water partition coefficient (Wildman–Crippen LogP) is 0.658. The van der Waals surface area contributed by atoms with Gasteiger partial charge >= 0.3 is 0 Å². The normalized spacial score (nSPS) is 21.9. The second-order valence-electron chi connectivity index (χ2n) is 4.88. The second-order valence-corrected chi connectivity index (χ2v) is 4.88. The summed E-state index contributed by atoms with van der Waals surface area (Å²) < 4.78 is 1.72. The zero-order chi connectivity index (χ0) is 12.4. The summed E-state index contributed by atoms with van der Waals surface area (Å²) in [6.07, 6.45) is 3.49. The SMILES string of the molecule is Cc1nn(C)c(N)c1CN1CCCCC1CO. The zero-order valence-corrected chi connectivity index (χ0v) is 10.7. The highest BCUT2D eigenvalue weighted by atomic mass is 16.3. The number of aryl methyl sites for hydroxylation is 2. The van der Waals surface area contributed by atoms with E-state index in [0.717, 1.165) is 36.6 Å². The molecule has 1 aromatic rings. The molecule has 2 heterocycles. The fourth-order valence-electron chi connectivity index (χ4n) is 2.59. The Kier molecular flexibility index (Phi) is 3.69. The first kappa shape index (κ1) is 12.4. The van der Waals surface area contributed by atoms with Gasteiger partial charge in [-0.15, -0.1) is 0 Å². The van der Waals surface area contributed by atoms with E-state index < -0.39 is 0 Å². The Hall–Kier alpha value is -1.07. The average molecular weight is 238 g/mol. The Morgan fingerprint density at radius 2 is 2.24 bits per heavy atom. The van der Waals surface area contributed by atoms with Crippen LogP contribution in [0.3, 0.4) is 0 Å². The molecule has 1 aliphatic heterocycles. The number of anilines is 1. The number of aliphatic hydroxyl groups excluding tert-OH is 1. The van der Waals surface area contributed by atoms with E-state index in [9.17, 15) is 5.11 Å². The first-order chi connectivity index (χ1) is 8.13. The molecular weight excluding hydrogens is 216 g/mol. The molecule has 1 atom stereocenters. The van der Waals surface area contributed by atoms with E-state index >= 15 is 0 Å². The molecule has 0 saturated carbocycles. The molecule has 0 aliphatic carbocycles. The molecule has 0 amide bonds. The smallest absolute Gasteiger partial charge is 0.126 e. The highest BCUT2D eigenvalue weighted by molar-refractivity contribution is 5.42. The van der Waals surface area contributed by atoms with E-state index in [1.165, 1.54) is 12.8 Å². The van der Waals surface area contributed by atoms with Gasteiger partial charge in [-0.2, -0.15) is 5.10 Å². The van der Waals surface area contributed by atoms with Gasteiger partial charge in [0.25, 0.3) is 0 Å². The lowest BCUT2D eigenvalue weighted by Crippen LogP contribution is -2.41. The third-order valence-corrected chi connectivity index (χ3v) is 3.72. The summed E-state index contributed by atoms with van der Waals surface area (Å²) in [7, 11) is 1.87. The quantitative estimate of drug-likeness (QED) is 0.811. The number of hydrogen-bond donors (Lipinski definition) is 2. The molecule has 1 fully saturated rings. The summed E-state index contributed by atoms with van der Waals surface area (Å²) in [6, 6.07) is 0.280. The number of rotatable bonds is 3. The van der Waals surface area contributed by atoms with Crippen LogP contribution in [-0.2, 0) is 13.6 Å². The predicted molar refractivity (Wildman–Crippen MR) is 67.5 cm³/mol. The lowest BCUT2D eigenvalue weighted by atomic mass is 10.0. The van der Waals surface area contributed by atoms with E-state index in [2.05, 4.69) is 10.00 Å². The summed E-state index contributed by atoms with van der Waals surface area (Å²) >= 11 is 0. The van der Waals surface area contributed by atoms with E-state index in [-0.39, 0.29) is 12.6 Å². The molecule has 17 heavy (non-hydrogen) atoms. The van der Waals surface area contributed by atoms with Gasteiger partial charge in [0.1, 0.15) is 5.82 Å². The van der Waals surface area contributed by atoms with Crippen molar-refractivity contribution < 1.29 is 5.11 Å². The van der Waals surface area contributed by atoms with E-state index in [1.54, 1.807) is 4.68 Å². The highest BCUT2D eigenvalue weighted by Gasteiger charge is 2.23. The van der Waals surface area contributed by atoms with Crippen molar-refractivity contribution in [2.75, 3.05) is 18.9 Å². The van der Waals surface area contributed by atoms with Crippen LogP contribution in [0, 0.1) is 6.92 Å². The Balaban J connectivity index is 2.13. The van der Waals surface area contributed by atoms with Crippen LogP contribution >= 0.6 is 0 Å². The monoisotopic (exact) mass is 238 g/mol. The average Bonchev–Trinajstić information content (AvgIpc) is 2.57. The molecular formula is C12H22N4O. The fraction of sp³-hybridized carbons (Fsp3) is 0.750. The van der Waals surface area contributed by atoms with Crippen LogP contribution in [-0.4, -0.2) is 39.0 Å². The van der Waals surface area contributed by atoms with Crippen LogP contribution in [0.2, 0.25) is 0 Å². The lowest BCUT2D eigenvalue weighted by molar-refractivity contribution is 0.0841. The number of piperidine rings is 1. The van der Waals surface area contributed by atoms with Crippen molar-refractivity contribution in [1.82, 2.24) is 14.7 Å². The van der Waals surface area contributed by atoms with Gasteiger partial charge in [-0.05, 0) is 26.3 Å². The number of hydrogen-bond acceptors (Lipinski definition) is 4. The number of likely N-dealkylation sites (tertiary alicyclic amines) is 1. The molecule has 0 aromatic carbocycles. The summed E-state index contributed by atoms with van der Waals surface area (Å²) in [5.74, 6) is 0.741. The minimum Gasteiger partial charge on any atom is -0.395 e. The third-order valence-electron chi connectivity index (χ3n) is 3.72. The molecule has 5 nitrogen and oxygen atoms in total. The molecule has 1 aliphatic rings. The third kappa shape index (κ3) is 2.45. The molecule has 3 N–H and O–H groups in total. The van der Waals surface area contributed by atoms with Gasteiger partial charge in [-0.1, -0.05) is 6.42 Å². The van der Waals surface area contributed by atoms with Crippen LogP contribution in [0.15, 0.2) is 0 Å². The van der Waals surface area contributed by atoms with E-state index in [0.29, 0.717) is 0 Å². The minimum absolute atomic E-state index is 0.235. The maximum Gasteiger partial charge on any atom is 0.126 e. The van der Waals surface area contributed by atoms with Gasteiger partial charge in [-0.25, -0.2) is 0 Å². The van der Waals surface area contributed by atoms with E-state index in [1.807, 2.05) is 14.0 Å². The molecule has 0 radical (unpaired) electrons. The van der Waals surface area contributed by atoms with Crippen LogP contribution in [0.5, 0.6) is 0 Å². The number of aromatic nitrogens is 2. The Morgan fingerprint density at radius 3 is 2.82 bits per heavy atom. The van der Waals surface area contributed by atoms with Crippen molar-refractivity contribution in [2.45, 2.75) is 38.8 Å². The largest absolute Gasteiger partial charge is 0.395 e. The lowest BCUT2D eigenvalue weighted by Gasteiger charge is -2.34. The van der Waals surface area contributed by atoms with Crippen LogP contribution in [0.1, 0.15) is 30.5 Å². The van der Waals surface area contributed by atoms with Gasteiger partial charge in [0.05, 0.1) is 12.3 Å². The minimum atomic E-state index is 0.235. The second kappa shape index (κ2) is 5.06. The van der Waals surface area contributed by atoms with E-state index in [4.69, 9.17) is 5.73 Å². The van der Waals surface area contributed by atoms with Gasteiger partial charge < -0.3 is 10.8 Å². The fourth-order valence-corrected chi connectivity index (χ4v) is 2.59. The number of nitrogen functional groups attached to an aromatic ring is 1. The van der Waals surface area contributed by atoms with Gasteiger partial charge in [0.15, 0.2) is 0 Å². The summed E-state index contributed by atoms with van der Waals surface area (Å²) in [6.45, 7) is 4.07. The standard InChI is InChI=1S/C12H22N4O/c1-9-11(12(13)15(2)14-9)7-16-6-4-3-5-10(16)8-17/h10,17H,3-8,13H2,1-2H3. The first-order valence-electron chi connectivity index (χ1n) is 6.26.